The summed E-state index contributed by atoms with van der Waals surface area (Å²) < 4.78 is 29.3. The highest BCUT2D eigenvalue weighted by Crippen LogP contribution is 2.28. The van der Waals surface area contributed by atoms with Gasteiger partial charge in [-0.05, 0) is 31.4 Å². The number of hydrogen-bond donors (Lipinski definition) is 0. The van der Waals surface area contributed by atoms with Gasteiger partial charge in [-0.3, -0.25) is 4.68 Å². The minimum atomic E-state index is -0.491. The van der Waals surface area contributed by atoms with Gasteiger partial charge in [-0.1, -0.05) is 18.2 Å². The molecule has 0 radical (unpaired) electrons. The minimum absolute atomic E-state index is 0.149. The Bertz CT molecular complexity index is 531. The van der Waals surface area contributed by atoms with Crippen LogP contribution in [0.4, 0.5) is 8.78 Å². The number of nitrogens with zero attached hydrogens (tertiary/aromatic N) is 3. The van der Waals surface area contributed by atoms with Crippen molar-refractivity contribution in [1.29, 1.82) is 0 Å². The molecule has 0 N–H and O–H groups in total. The van der Waals surface area contributed by atoms with Crippen molar-refractivity contribution < 1.29 is 8.78 Å². The molecule has 1 atom stereocenters. The summed E-state index contributed by atoms with van der Waals surface area (Å²) in [6.07, 6.45) is 2.96. The molecule has 1 unspecified atom stereocenters. The molecule has 1 aromatic heterocycles. The summed E-state index contributed by atoms with van der Waals surface area (Å²) in [4.78, 5) is 0. The average Bonchev–Trinajstić information content (AvgIpc) is 2.85. The van der Waals surface area contributed by atoms with Gasteiger partial charge in [0.05, 0.1) is 5.69 Å². The molecule has 0 bridgehead atoms. The fourth-order valence-electron chi connectivity index (χ4n) is 2.19. The number of rotatable bonds is 5. The summed E-state index contributed by atoms with van der Waals surface area (Å²) in [5.74, 6) is -1.20. The van der Waals surface area contributed by atoms with E-state index in [1.807, 2.05) is 20.0 Å². The number of hydrogen-bond acceptors (Lipinski definition) is 2. The van der Waals surface area contributed by atoms with Crippen molar-refractivity contribution in [3.05, 3.63) is 47.3 Å². The smallest absolute Gasteiger partial charge is 0.129 e. The van der Waals surface area contributed by atoms with Crippen LogP contribution in [0, 0.1) is 11.6 Å². The molecule has 0 amide bonds. The molecule has 0 saturated carbocycles. The van der Waals surface area contributed by atoms with Gasteiger partial charge in [0, 0.05) is 24.7 Å². The molecule has 2 aromatic rings. The molecular formula is C14H17F2N3. The lowest BCUT2D eigenvalue weighted by Gasteiger charge is -2.15. The summed E-state index contributed by atoms with van der Waals surface area (Å²) in [5.41, 5.74) is 0.910. The monoisotopic (exact) mass is 265 g/mol. The van der Waals surface area contributed by atoms with E-state index in [1.165, 1.54) is 18.2 Å². The Kier molecular flexibility index (Phi) is 4.24. The lowest BCUT2D eigenvalue weighted by atomic mass is 9.91. The van der Waals surface area contributed by atoms with Crippen LogP contribution in [0.25, 0.3) is 0 Å². The van der Waals surface area contributed by atoms with E-state index >= 15 is 0 Å². The molecular weight excluding hydrogens is 248 g/mol. The molecule has 0 aliphatic heterocycles. The number of halogens is 2. The van der Waals surface area contributed by atoms with Crippen molar-refractivity contribution in [3.63, 3.8) is 0 Å². The Balaban J connectivity index is 2.25. The normalized spacial score (nSPS) is 12.6. The first kappa shape index (κ1) is 13.6. The Hall–Kier alpha value is -1.78. The van der Waals surface area contributed by atoms with E-state index in [0.717, 1.165) is 12.2 Å². The zero-order valence-corrected chi connectivity index (χ0v) is 11.1. The first-order chi connectivity index (χ1) is 9.15. The van der Waals surface area contributed by atoms with E-state index in [0.29, 0.717) is 12.8 Å². The van der Waals surface area contributed by atoms with Gasteiger partial charge in [0.15, 0.2) is 0 Å². The molecule has 5 heteroatoms. The molecule has 1 heterocycles. The van der Waals surface area contributed by atoms with Gasteiger partial charge in [-0.25, -0.2) is 8.78 Å². The Morgan fingerprint density at radius 2 is 1.89 bits per heavy atom. The summed E-state index contributed by atoms with van der Waals surface area (Å²) in [6, 6.07) is 3.97. The molecule has 0 aliphatic rings. The van der Waals surface area contributed by atoms with Crippen LogP contribution >= 0.6 is 0 Å². The molecule has 0 saturated heterocycles. The predicted octanol–water partition coefficient (Wildman–Crippen LogP) is 3.31. The van der Waals surface area contributed by atoms with Gasteiger partial charge in [0.25, 0.3) is 0 Å². The van der Waals surface area contributed by atoms with E-state index in [2.05, 4.69) is 10.3 Å². The van der Waals surface area contributed by atoms with Gasteiger partial charge in [0.2, 0.25) is 0 Å². The van der Waals surface area contributed by atoms with E-state index in [9.17, 15) is 8.78 Å². The third-order valence-corrected chi connectivity index (χ3v) is 3.27. The average molecular weight is 265 g/mol. The van der Waals surface area contributed by atoms with Crippen molar-refractivity contribution >= 4 is 0 Å². The van der Waals surface area contributed by atoms with Gasteiger partial charge in [-0.2, -0.15) is 0 Å². The Labute approximate surface area is 111 Å². The number of benzene rings is 1. The van der Waals surface area contributed by atoms with Gasteiger partial charge in [0.1, 0.15) is 11.6 Å². The molecule has 19 heavy (non-hydrogen) atoms. The van der Waals surface area contributed by atoms with E-state index in [4.69, 9.17) is 0 Å². The third kappa shape index (κ3) is 2.97. The van der Waals surface area contributed by atoms with Crippen LogP contribution in [0.3, 0.4) is 0 Å². The second-order valence-electron chi connectivity index (χ2n) is 4.51. The van der Waals surface area contributed by atoms with Crippen LogP contribution in [-0.4, -0.2) is 15.0 Å². The summed E-state index contributed by atoms with van der Waals surface area (Å²) in [7, 11) is 0. The Morgan fingerprint density at radius 3 is 2.42 bits per heavy atom. The van der Waals surface area contributed by atoms with Crippen LogP contribution in [0.1, 0.15) is 37.4 Å². The zero-order valence-electron chi connectivity index (χ0n) is 11.1. The fourth-order valence-corrected chi connectivity index (χ4v) is 2.19. The summed E-state index contributed by atoms with van der Waals surface area (Å²) >= 11 is 0. The molecule has 0 fully saturated rings. The first-order valence-electron chi connectivity index (χ1n) is 6.48. The molecule has 0 aliphatic carbocycles. The highest BCUT2D eigenvalue weighted by Gasteiger charge is 2.20. The van der Waals surface area contributed by atoms with Gasteiger partial charge in [-0.15, -0.1) is 5.10 Å². The maximum absolute atomic E-state index is 13.8. The highest BCUT2D eigenvalue weighted by atomic mass is 19.1. The lowest BCUT2D eigenvalue weighted by molar-refractivity contribution is 0.510. The van der Waals surface area contributed by atoms with Crippen LogP contribution in [0.2, 0.25) is 0 Å². The van der Waals surface area contributed by atoms with Crippen molar-refractivity contribution in [1.82, 2.24) is 15.0 Å². The molecule has 0 spiro atoms. The van der Waals surface area contributed by atoms with Crippen LogP contribution in [-0.2, 0) is 13.0 Å². The SMILES string of the molecule is CCC(Cc1cn(CC)nn1)c1c(F)cccc1F. The quantitative estimate of drug-likeness (QED) is 0.830. The first-order valence-corrected chi connectivity index (χ1v) is 6.48. The summed E-state index contributed by atoms with van der Waals surface area (Å²) in [5, 5.41) is 7.97. The van der Waals surface area contributed by atoms with E-state index in [-0.39, 0.29) is 11.5 Å². The number of aryl methyl sites for hydroxylation is 1. The molecule has 102 valence electrons. The molecule has 1 aromatic carbocycles. The van der Waals surface area contributed by atoms with Gasteiger partial charge < -0.3 is 0 Å². The highest BCUT2D eigenvalue weighted by molar-refractivity contribution is 5.25. The van der Waals surface area contributed by atoms with E-state index < -0.39 is 11.6 Å². The van der Waals surface area contributed by atoms with Crippen molar-refractivity contribution in [2.45, 2.75) is 39.2 Å². The topological polar surface area (TPSA) is 30.7 Å². The Morgan fingerprint density at radius 1 is 1.21 bits per heavy atom. The standard InChI is InChI=1S/C14H17F2N3/c1-3-10(8-11-9-19(4-2)18-17-11)14-12(15)6-5-7-13(14)16/h5-7,9-10H,3-4,8H2,1-2H3. The van der Waals surface area contributed by atoms with Crippen molar-refractivity contribution in [2.75, 3.05) is 0 Å². The third-order valence-electron chi connectivity index (χ3n) is 3.27. The van der Waals surface area contributed by atoms with Crippen LogP contribution < -0.4 is 0 Å². The predicted molar refractivity (Wildman–Crippen MR) is 68.8 cm³/mol. The fraction of sp³-hybridized carbons (Fsp3) is 0.429. The van der Waals surface area contributed by atoms with Crippen molar-refractivity contribution in [3.8, 4) is 0 Å². The summed E-state index contributed by atoms with van der Waals surface area (Å²) in [6.45, 7) is 4.62. The minimum Gasteiger partial charge on any atom is -0.253 e. The second-order valence-corrected chi connectivity index (χ2v) is 4.51. The zero-order chi connectivity index (χ0) is 13.8. The van der Waals surface area contributed by atoms with E-state index in [1.54, 1.807) is 4.68 Å². The molecule has 3 nitrogen and oxygen atoms in total. The molecule has 2 rings (SSSR count). The van der Waals surface area contributed by atoms with Crippen molar-refractivity contribution in [2.24, 2.45) is 0 Å². The van der Waals surface area contributed by atoms with Crippen LogP contribution in [0.15, 0.2) is 24.4 Å². The maximum Gasteiger partial charge on any atom is 0.129 e. The second kappa shape index (κ2) is 5.91. The maximum atomic E-state index is 13.8. The lowest BCUT2D eigenvalue weighted by Crippen LogP contribution is -2.07. The van der Waals surface area contributed by atoms with Gasteiger partial charge >= 0.3 is 0 Å². The number of aromatic nitrogens is 3. The largest absolute Gasteiger partial charge is 0.253 e. The van der Waals surface area contributed by atoms with Crippen LogP contribution in [0.5, 0.6) is 0 Å².